The molecule has 0 spiro atoms. The average Bonchev–Trinajstić information content (AvgIpc) is 2.50. The molecule has 21 heavy (non-hydrogen) atoms. The van der Waals surface area contributed by atoms with Gasteiger partial charge < -0.3 is 4.90 Å². The van der Waals surface area contributed by atoms with Gasteiger partial charge in [0.15, 0.2) is 5.78 Å². The summed E-state index contributed by atoms with van der Waals surface area (Å²) in [5, 5.41) is 0.805. The standard InChI is InChI=1S/C17H25Cl2NO/c1-4-13(5-2)12-20(6-3)11-10-16(21)14-8-7-9-15(18)17(14)19/h7-9,13H,4-6,10-12H2,1-3H3. The number of halogens is 2. The van der Waals surface area contributed by atoms with Gasteiger partial charge in [-0.15, -0.1) is 0 Å². The Morgan fingerprint density at radius 3 is 2.43 bits per heavy atom. The number of hydrogen-bond acceptors (Lipinski definition) is 2. The molecule has 0 radical (unpaired) electrons. The zero-order valence-corrected chi connectivity index (χ0v) is 14.7. The third-order valence-electron chi connectivity index (χ3n) is 4.03. The van der Waals surface area contributed by atoms with Gasteiger partial charge in [0.1, 0.15) is 0 Å². The second kappa shape index (κ2) is 9.45. The Labute approximate surface area is 138 Å². The van der Waals surface area contributed by atoms with Crippen molar-refractivity contribution in [2.24, 2.45) is 5.92 Å². The Bertz CT molecular complexity index is 458. The summed E-state index contributed by atoms with van der Waals surface area (Å²) in [6.45, 7) is 9.37. The highest BCUT2D eigenvalue weighted by Crippen LogP contribution is 2.26. The van der Waals surface area contributed by atoms with Gasteiger partial charge in [0, 0.05) is 25.1 Å². The van der Waals surface area contributed by atoms with Crippen LogP contribution in [0, 0.1) is 5.92 Å². The highest BCUT2D eigenvalue weighted by Gasteiger charge is 2.15. The maximum absolute atomic E-state index is 12.3. The third-order valence-corrected chi connectivity index (χ3v) is 4.84. The smallest absolute Gasteiger partial charge is 0.165 e. The molecule has 0 heterocycles. The first-order chi connectivity index (χ1) is 10.0. The summed E-state index contributed by atoms with van der Waals surface area (Å²) in [7, 11) is 0. The van der Waals surface area contributed by atoms with Crippen molar-refractivity contribution < 1.29 is 4.79 Å². The normalized spacial score (nSPS) is 11.4. The lowest BCUT2D eigenvalue weighted by Gasteiger charge is -2.24. The summed E-state index contributed by atoms with van der Waals surface area (Å²) >= 11 is 12.1. The monoisotopic (exact) mass is 329 g/mol. The fourth-order valence-corrected chi connectivity index (χ4v) is 2.81. The fourth-order valence-electron chi connectivity index (χ4n) is 2.40. The summed E-state index contributed by atoms with van der Waals surface area (Å²) in [6, 6.07) is 5.21. The Morgan fingerprint density at radius 1 is 1.19 bits per heavy atom. The molecule has 0 unspecified atom stereocenters. The van der Waals surface area contributed by atoms with Crippen molar-refractivity contribution in [2.45, 2.75) is 40.0 Å². The van der Waals surface area contributed by atoms with Crippen LogP contribution in [0.4, 0.5) is 0 Å². The average molecular weight is 330 g/mol. The number of benzene rings is 1. The lowest BCUT2D eigenvalue weighted by atomic mass is 10.0. The Morgan fingerprint density at radius 2 is 1.86 bits per heavy atom. The van der Waals surface area contributed by atoms with E-state index < -0.39 is 0 Å². The van der Waals surface area contributed by atoms with Crippen molar-refractivity contribution in [1.82, 2.24) is 4.90 Å². The fraction of sp³-hybridized carbons (Fsp3) is 0.588. The molecular formula is C17H25Cl2NO. The Kier molecular flexibility index (Phi) is 8.31. The molecule has 0 atom stereocenters. The zero-order valence-electron chi connectivity index (χ0n) is 13.2. The molecule has 0 aromatic heterocycles. The SMILES string of the molecule is CCC(CC)CN(CC)CCC(=O)c1cccc(Cl)c1Cl. The lowest BCUT2D eigenvalue weighted by molar-refractivity contribution is 0.0960. The van der Waals surface area contributed by atoms with Gasteiger partial charge in [0.05, 0.1) is 10.0 Å². The minimum absolute atomic E-state index is 0.0606. The van der Waals surface area contributed by atoms with Crippen LogP contribution in [0.3, 0.4) is 0 Å². The maximum atomic E-state index is 12.3. The summed E-state index contributed by atoms with van der Waals surface area (Å²) in [5.41, 5.74) is 0.530. The van der Waals surface area contributed by atoms with Crippen molar-refractivity contribution in [2.75, 3.05) is 19.6 Å². The van der Waals surface area contributed by atoms with Crippen LogP contribution in [0.2, 0.25) is 10.0 Å². The number of rotatable bonds is 9. The molecule has 0 aliphatic carbocycles. The van der Waals surface area contributed by atoms with E-state index >= 15 is 0 Å². The van der Waals surface area contributed by atoms with Crippen LogP contribution in [0.5, 0.6) is 0 Å². The summed E-state index contributed by atoms with van der Waals surface area (Å²) in [6.07, 6.45) is 2.84. The van der Waals surface area contributed by atoms with E-state index in [0.29, 0.717) is 27.9 Å². The second-order valence-corrected chi connectivity index (χ2v) is 6.14. The quantitative estimate of drug-likeness (QED) is 0.571. The molecule has 0 N–H and O–H groups in total. The number of ketones is 1. The first-order valence-electron chi connectivity index (χ1n) is 7.72. The van der Waals surface area contributed by atoms with Crippen LogP contribution in [-0.2, 0) is 0 Å². The maximum Gasteiger partial charge on any atom is 0.165 e. The van der Waals surface area contributed by atoms with Crippen molar-refractivity contribution in [3.63, 3.8) is 0 Å². The molecule has 2 nitrogen and oxygen atoms in total. The lowest BCUT2D eigenvalue weighted by Crippen LogP contribution is -2.31. The second-order valence-electron chi connectivity index (χ2n) is 5.35. The minimum Gasteiger partial charge on any atom is -0.303 e. The van der Waals surface area contributed by atoms with E-state index in [2.05, 4.69) is 25.7 Å². The van der Waals surface area contributed by atoms with Crippen molar-refractivity contribution in [1.29, 1.82) is 0 Å². The van der Waals surface area contributed by atoms with Crippen LogP contribution in [-0.4, -0.2) is 30.3 Å². The summed E-state index contributed by atoms with van der Waals surface area (Å²) in [5.74, 6) is 0.764. The van der Waals surface area contributed by atoms with Crippen LogP contribution in [0.1, 0.15) is 50.4 Å². The molecule has 118 valence electrons. The molecular weight excluding hydrogens is 305 g/mol. The molecule has 1 aromatic carbocycles. The predicted molar refractivity (Wildman–Crippen MR) is 91.6 cm³/mol. The van der Waals surface area contributed by atoms with Crippen molar-refractivity contribution in [3.8, 4) is 0 Å². The molecule has 0 aliphatic rings. The van der Waals surface area contributed by atoms with Crippen molar-refractivity contribution in [3.05, 3.63) is 33.8 Å². The molecule has 0 saturated carbocycles. The molecule has 0 fully saturated rings. The van der Waals surface area contributed by atoms with Crippen LogP contribution < -0.4 is 0 Å². The number of carbonyl (C=O) groups is 1. The van der Waals surface area contributed by atoms with Gasteiger partial charge in [-0.2, -0.15) is 0 Å². The highest BCUT2D eigenvalue weighted by atomic mass is 35.5. The number of Topliss-reactive ketones (excluding diaryl/α,β-unsaturated/α-hetero) is 1. The summed E-state index contributed by atoms with van der Waals surface area (Å²) < 4.78 is 0. The van der Waals surface area contributed by atoms with Gasteiger partial charge in [-0.3, -0.25) is 4.79 Å². The number of hydrogen-bond donors (Lipinski definition) is 0. The Hall–Kier alpha value is -0.570. The highest BCUT2D eigenvalue weighted by molar-refractivity contribution is 6.43. The van der Waals surface area contributed by atoms with E-state index in [4.69, 9.17) is 23.2 Å². The van der Waals surface area contributed by atoms with Gasteiger partial charge in [-0.05, 0) is 24.6 Å². The molecule has 1 rings (SSSR count). The van der Waals surface area contributed by atoms with Gasteiger partial charge in [0.2, 0.25) is 0 Å². The van der Waals surface area contributed by atoms with E-state index in [1.165, 1.54) is 12.8 Å². The summed E-state index contributed by atoms with van der Waals surface area (Å²) in [4.78, 5) is 14.6. The van der Waals surface area contributed by atoms with Gasteiger partial charge >= 0.3 is 0 Å². The van der Waals surface area contributed by atoms with Gasteiger partial charge in [-0.25, -0.2) is 0 Å². The van der Waals surface area contributed by atoms with Gasteiger partial charge in [-0.1, -0.05) is 62.9 Å². The molecule has 1 aromatic rings. The van der Waals surface area contributed by atoms with Crippen molar-refractivity contribution >= 4 is 29.0 Å². The van der Waals surface area contributed by atoms with Crippen LogP contribution >= 0.6 is 23.2 Å². The molecule has 0 bridgehead atoms. The topological polar surface area (TPSA) is 20.3 Å². The van der Waals surface area contributed by atoms with Crippen LogP contribution in [0.15, 0.2) is 18.2 Å². The van der Waals surface area contributed by atoms with E-state index in [1.807, 2.05) is 0 Å². The molecule has 0 aliphatic heterocycles. The number of nitrogens with zero attached hydrogens (tertiary/aromatic N) is 1. The molecule has 4 heteroatoms. The number of carbonyl (C=O) groups excluding carboxylic acids is 1. The van der Waals surface area contributed by atoms with Gasteiger partial charge in [0.25, 0.3) is 0 Å². The largest absolute Gasteiger partial charge is 0.303 e. The van der Waals surface area contributed by atoms with Crippen LogP contribution in [0.25, 0.3) is 0 Å². The first-order valence-corrected chi connectivity index (χ1v) is 8.48. The van der Waals surface area contributed by atoms with E-state index in [-0.39, 0.29) is 5.78 Å². The molecule has 0 amide bonds. The van der Waals surface area contributed by atoms with E-state index in [1.54, 1.807) is 18.2 Å². The van der Waals surface area contributed by atoms with E-state index in [0.717, 1.165) is 19.6 Å². The Balaban J connectivity index is 2.60. The predicted octanol–water partition coefficient (Wildman–Crippen LogP) is 5.32. The zero-order chi connectivity index (χ0) is 15.8. The minimum atomic E-state index is 0.0606. The van der Waals surface area contributed by atoms with E-state index in [9.17, 15) is 4.79 Å². The third kappa shape index (κ3) is 5.61. The molecule has 0 saturated heterocycles. The first kappa shape index (κ1) is 18.5.